The van der Waals surface area contributed by atoms with E-state index in [2.05, 4.69) is 10.1 Å². The van der Waals surface area contributed by atoms with E-state index in [1.54, 1.807) is 0 Å². The van der Waals surface area contributed by atoms with Crippen LogP contribution in [-0.4, -0.2) is 30.3 Å². The van der Waals surface area contributed by atoms with Gasteiger partial charge in [0.1, 0.15) is 11.9 Å². The molecule has 4 N–H and O–H groups in total. The smallest absolute Gasteiger partial charge is 0.387 e. The van der Waals surface area contributed by atoms with Crippen molar-refractivity contribution in [1.82, 2.24) is 5.32 Å². The number of carbonyl (C=O) groups is 1. The van der Waals surface area contributed by atoms with Gasteiger partial charge in [-0.25, -0.2) is 0 Å². The SMILES string of the molecule is NC(=O)C(O)CNCc1cc(Cl)ccc1OC(F)F. The Balaban J connectivity index is 2.65. The van der Waals surface area contributed by atoms with Crippen LogP contribution in [0.4, 0.5) is 8.78 Å². The Morgan fingerprint density at radius 2 is 2.21 bits per heavy atom. The first-order valence-electron chi connectivity index (χ1n) is 5.31. The summed E-state index contributed by atoms with van der Waals surface area (Å²) in [5.41, 5.74) is 5.24. The van der Waals surface area contributed by atoms with Gasteiger partial charge in [0.05, 0.1) is 0 Å². The van der Waals surface area contributed by atoms with E-state index in [9.17, 15) is 13.6 Å². The minimum Gasteiger partial charge on any atom is -0.434 e. The molecule has 0 bridgehead atoms. The molecular weight excluding hydrogens is 282 g/mol. The molecule has 8 heteroatoms. The number of benzene rings is 1. The van der Waals surface area contributed by atoms with Gasteiger partial charge in [0, 0.05) is 23.7 Å². The maximum absolute atomic E-state index is 12.2. The number of nitrogens with two attached hydrogens (primary N) is 1. The average Bonchev–Trinajstić information content (AvgIpc) is 2.31. The van der Waals surface area contributed by atoms with Gasteiger partial charge in [-0.3, -0.25) is 4.79 Å². The second-order valence-electron chi connectivity index (χ2n) is 3.68. The molecule has 0 aliphatic carbocycles. The van der Waals surface area contributed by atoms with Crippen LogP contribution in [0.15, 0.2) is 18.2 Å². The predicted molar refractivity (Wildman–Crippen MR) is 65.0 cm³/mol. The van der Waals surface area contributed by atoms with Gasteiger partial charge in [-0.05, 0) is 18.2 Å². The third-order valence-corrected chi connectivity index (χ3v) is 2.46. The first-order valence-corrected chi connectivity index (χ1v) is 5.69. The third-order valence-electron chi connectivity index (χ3n) is 2.22. The summed E-state index contributed by atoms with van der Waals surface area (Å²) >= 11 is 5.75. The van der Waals surface area contributed by atoms with E-state index in [1.807, 2.05) is 0 Å². The first kappa shape index (κ1) is 15.6. The zero-order valence-electron chi connectivity index (χ0n) is 9.78. The molecular formula is C11H13ClF2N2O3. The van der Waals surface area contributed by atoms with Crippen LogP contribution in [0, 0.1) is 0 Å². The van der Waals surface area contributed by atoms with Crippen molar-refractivity contribution in [2.75, 3.05) is 6.54 Å². The maximum atomic E-state index is 12.2. The van der Waals surface area contributed by atoms with Crippen LogP contribution in [0.25, 0.3) is 0 Å². The van der Waals surface area contributed by atoms with E-state index in [-0.39, 0.29) is 18.8 Å². The monoisotopic (exact) mass is 294 g/mol. The van der Waals surface area contributed by atoms with Crippen molar-refractivity contribution in [2.24, 2.45) is 5.73 Å². The number of nitrogens with one attached hydrogen (secondary N) is 1. The number of carbonyl (C=O) groups excluding carboxylic acids is 1. The lowest BCUT2D eigenvalue weighted by Crippen LogP contribution is -2.37. The molecule has 1 unspecified atom stereocenters. The minimum absolute atomic E-state index is 0.0273. The molecule has 0 aliphatic rings. The number of halogens is 3. The standard InChI is InChI=1S/C11H13ClF2N2O3/c12-7-1-2-9(19-11(13)14)6(3-7)4-16-5-8(17)10(15)18/h1-3,8,11,16-17H,4-5H2,(H2,15,18). The molecule has 0 saturated carbocycles. The summed E-state index contributed by atoms with van der Waals surface area (Å²) in [6.07, 6.45) is -1.35. The van der Waals surface area contributed by atoms with E-state index in [4.69, 9.17) is 22.4 Å². The van der Waals surface area contributed by atoms with Crippen LogP contribution in [-0.2, 0) is 11.3 Å². The van der Waals surface area contributed by atoms with Gasteiger partial charge in [-0.2, -0.15) is 8.78 Å². The number of amides is 1. The fourth-order valence-corrected chi connectivity index (χ4v) is 1.54. The Bertz CT molecular complexity index is 446. The van der Waals surface area contributed by atoms with Crippen molar-refractivity contribution in [3.05, 3.63) is 28.8 Å². The summed E-state index contributed by atoms with van der Waals surface area (Å²) in [5, 5.41) is 12.2. The van der Waals surface area contributed by atoms with Gasteiger partial charge in [0.2, 0.25) is 5.91 Å². The molecule has 5 nitrogen and oxygen atoms in total. The van der Waals surface area contributed by atoms with Crippen molar-refractivity contribution < 1.29 is 23.4 Å². The Labute approximate surface area is 113 Å². The Hall–Kier alpha value is -1.44. The zero-order valence-corrected chi connectivity index (χ0v) is 10.5. The van der Waals surface area contributed by atoms with Gasteiger partial charge in [-0.15, -0.1) is 0 Å². The molecule has 0 radical (unpaired) electrons. The molecule has 0 saturated heterocycles. The molecule has 19 heavy (non-hydrogen) atoms. The quantitative estimate of drug-likeness (QED) is 0.697. The second-order valence-corrected chi connectivity index (χ2v) is 4.12. The van der Waals surface area contributed by atoms with Crippen molar-refractivity contribution >= 4 is 17.5 Å². The highest BCUT2D eigenvalue weighted by molar-refractivity contribution is 6.30. The van der Waals surface area contributed by atoms with Crippen LogP contribution < -0.4 is 15.8 Å². The predicted octanol–water partition coefficient (Wildman–Crippen LogP) is 0.877. The molecule has 0 aliphatic heterocycles. The fourth-order valence-electron chi connectivity index (χ4n) is 1.34. The molecule has 106 valence electrons. The van der Waals surface area contributed by atoms with Crippen molar-refractivity contribution in [2.45, 2.75) is 19.3 Å². The molecule has 1 aromatic carbocycles. The highest BCUT2D eigenvalue weighted by atomic mass is 35.5. The van der Waals surface area contributed by atoms with Crippen LogP contribution in [0.1, 0.15) is 5.56 Å². The molecule has 0 spiro atoms. The number of hydrogen-bond acceptors (Lipinski definition) is 4. The first-order chi connectivity index (χ1) is 8.90. The van der Waals surface area contributed by atoms with Gasteiger partial charge in [-0.1, -0.05) is 11.6 Å². The van der Waals surface area contributed by atoms with Crippen LogP contribution in [0.2, 0.25) is 5.02 Å². The van der Waals surface area contributed by atoms with Crippen LogP contribution in [0.3, 0.4) is 0 Å². The number of rotatable bonds is 7. The average molecular weight is 295 g/mol. The van der Waals surface area contributed by atoms with Gasteiger partial charge in [0.25, 0.3) is 0 Å². The van der Waals surface area contributed by atoms with Gasteiger partial charge >= 0.3 is 6.61 Å². The molecule has 1 rings (SSSR count). The summed E-state index contributed by atoms with van der Waals surface area (Å²) in [4.78, 5) is 10.6. The van der Waals surface area contributed by atoms with Crippen molar-refractivity contribution in [1.29, 1.82) is 0 Å². The topological polar surface area (TPSA) is 84.6 Å². The maximum Gasteiger partial charge on any atom is 0.387 e. The second kappa shape index (κ2) is 7.22. The molecule has 1 amide bonds. The summed E-state index contributed by atoms with van der Waals surface area (Å²) in [5.74, 6) is -0.900. The van der Waals surface area contributed by atoms with E-state index >= 15 is 0 Å². The molecule has 0 fully saturated rings. The highest BCUT2D eigenvalue weighted by Gasteiger charge is 2.12. The number of aliphatic hydroxyl groups is 1. The molecule has 0 heterocycles. The normalized spacial score (nSPS) is 12.5. The van der Waals surface area contributed by atoms with E-state index < -0.39 is 18.6 Å². The number of alkyl halides is 2. The van der Waals surface area contributed by atoms with Gasteiger partial charge < -0.3 is 20.9 Å². The lowest BCUT2D eigenvalue weighted by atomic mass is 10.2. The minimum atomic E-state index is -2.95. The van der Waals surface area contributed by atoms with Crippen molar-refractivity contribution in [3.63, 3.8) is 0 Å². The fraction of sp³-hybridized carbons (Fsp3) is 0.364. The lowest BCUT2D eigenvalue weighted by molar-refractivity contribution is -0.125. The highest BCUT2D eigenvalue weighted by Crippen LogP contribution is 2.24. The number of aliphatic hydroxyl groups excluding tert-OH is 1. The number of hydrogen-bond donors (Lipinski definition) is 3. The van der Waals surface area contributed by atoms with E-state index in [1.165, 1.54) is 18.2 Å². The summed E-state index contributed by atoms with van der Waals surface area (Å²) < 4.78 is 28.7. The van der Waals surface area contributed by atoms with E-state index in [0.29, 0.717) is 10.6 Å². The van der Waals surface area contributed by atoms with Crippen LogP contribution >= 0.6 is 11.6 Å². The molecule has 1 aromatic rings. The molecule has 0 aromatic heterocycles. The Morgan fingerprint density at radius 3 is 2.79 bits per heavy atom. The van der Waals surface area contributed by atoms with Crippen LogP contribution in [0.5, 0.6) is 5.75 Å². The largest absolute Gasteiger partial charge is 0.434 e. The Morgan fingerprint density at radius 1 is 1.53 bits per heavy atom. The number of ether oxygens (including phenoxy) is 1. The van der Waals surface area contributed by atoms with E-state index in [0.717, 1.165) is 0 Å². The molecule has 1 atom stereocenters. The lowest BCUT2D eigenvalue weighted by Gasteiger charge is -2.13. The van der Waals surface area contributed by atoms with Crippen molar-refractivity contribution in [3.8, 4) is 5.75 Å². The van der Waals surface area contributed by atoms with Gasteiger partial charge in [0.15, 0.2) is 0 Å². The Kier molecular flexibility index (Phi) is 5.94. The number of primary amides is 1. The summed E-state index contributed by atoms with van der Waals surface area (Å²) in [6, 6.07) is 4.18. The summed E-state index contributed by atoms with van der Waals surface area (Å²) in [7, 11) is 0. The summed E-state index contributed by atoms with van der Waals surface area (Å²) in [6.45, 7) is -2.96. The zero-order chi connectivity index (χ0) is 14.4. The third kappa shape index (κ3) is 5.37.